The number of rotatable bonds is 4. The van der Waals surface area contributed by atoms with Crippen LogP contribution in [0.2, 0.25) is 0 Å². The van der Waals surface area contributed by atoms with Gasteiger partial charge in [-0.05, 0) is 25.3 Å². The molecule has 1 N–H and O–H groups in total. The number of carbonyl (C=O) groups excluding carboxylic acids is 1. The van der Waals surface area contributed by atoms with Gasteiger partial charge in [-0.15, -0.1) is 0 Å². The molecule has 0 aliphatic carbocycles. The number of carbonyl (C=O) groups is 1. The van der Waals surface area contributed by atoms with Crippen molar-refractivity contribution in [2.75, 3.05) is 18.7 Å². The number of anilines is 2. The van der Waals surface area contributed by atoms with E-state index in [9.17, 15) is 4.79 Å². The third-order valence-corrected chi connectivity index (χ3v) is 3.23. The van der Waals surface area contributed by atoms with Crippen molar-refractivity contribution in [3.8, 4) is 0 Å². The molecule has 0 aliphatic heterocycles. The highest BCUT2D eigenvalue weighted by atomic mass is 32.2. The molecule has 0 amide bonds. The van der Waals surface area contributed by atoms with E-state index in [4.69, 9.17) is 4.74 Å². The zero-order valence-corrected chi connectivity index (χ0v) is 12.3. The Hall–Kier alpha value is -2.08. The molecule has 0 atom stereocenters. The molecular weight excluding hydrogens is 274 g/mol. The maximum Gasteiger partial charge on any atom is 0.343 e. The van der Waals surface area contributed by atoms with Crippen LogP contribution in [-0.4, -0.2) is 29.3 Å². The predicted molar refractivity (Wildman–Crippen MR) is 79.6 cm³/mol. The van der Waals surface area contributed by atoms with Gasteiger partial charge in [-0.1, -0.05) is 30.0 Å². The number of aryl methyl sites for hydroxylation is 1. The van der Waals surface area contributed by atoms with E-state index in [2.05, 4.69) is 15.3 Å². The van der Waals surface area contributed by atoms with Crippen molar-refractivity contribution in [3.05, 3.63) is 41.6 Å². The Bertz CT molecular complexity index is 617. The summed E-state index contributed by atoms with van der Waals surface area (Å²) in [7, 11) is 1.34. The third kappa shape index (κ3) is 3.08. The molecule has 0 radical (unpaired) electrons. The second-order valence-electron chi connectivity index (χ2n) is 4.00. The molecule has 0 saturated heterocycles. The van der Waals surface area contributed by atoms with E-state index < -0.39 is 5.97 Å². The lowest BCUT2D eigenvalue weighted by Crippen LogP contribution is -2.12. The van der Waals surface area contributed by atoms with Gasteiger partial charge in [0.05, 0.1) is 12.8 Å². The predicted octanol–water partition coefficient (Wildman–Crippen LogP) is 3.04. The molecule has 0 spiro atoms. The highest BCUT2D eigenvalue weighted by molar-refractivity contribution is 7.98. The first-order valence-electron chi connectivity index (χ1n) is 5.98. The molecular formula is C14H15N3O2S. The molecule has 6 heteroatoms. The van der Waals surface area contributed by atoms with Gasteiger partial charge in [0.2, 0.25) is 0 Å². The fraction of sp³-hybridized carbons (Fsp3) is 0.214. The third-order valence-electron chi connectivity index (χ3n) is 2.68. The van der Waals surface area contributed by atoms with Crippen molar-refractivity contribution < 1.29 is 9.53 Å². The molecule has 0 saturated carbocycles. The largest absolute Gasteiger partial charge is 0.465 e. The van der Waals surface area contributed by atoms with Crippen molar-refractivity contribution in [1.82, 2.24) is 9.97 Å². The molecule has 104 valence electrons. The Morgan fingerprint density at radius 1 is 1.25 bits per heavy atom. The number of nitrogens with zero attached hydrogens (tertiary/aromatic N) is 2. The topological polar surface area (TPSA) is 64.1 Å². The summed E-state index contributed by atoms with van der Waals surface area (Å²) < 4.78 is 4.80. The average molecular weight is 289 g/mol. The Kier molecular flexibility index (Phi) is 4.57. The highest BCUT2D eigenvalue weighted by Gasteiger charge is 2.19. The van der Waals surface area contributed by atoms with Crippen molar-refractivity contribution >= 4 is 29.2 Å². The fourth-order valence-electron chi connectivity index (χ4n) is 1.73. The van der Waals surface area contributed by atoms with Crippen molar-refractivity contribution in [3.63, 3.8) is 0 Å². The van der Waals surface area contributed by atoms with Crippen LogP contribution in [0.1, 0.15) is 16.1 Å². The zero-order valence-electron chi connectivity index (χ0n) is 11.5. The molecule has 0 fully saturated rings. The van der Waals surface area contributed by atoms with Gasteiger partial charge in [0.25, 0.3) is 0 Å². The summed E-state index contributed by atoms with van der Waals surface area (Å²) in [6.07, 6.45) is 1.89. The Morgan fingerprint density at radius 3 is 2.55 bits per heavy atom. The van der Waals surface area contributed by atoms with Gasteiger partial charge in [-0.3, -0.25) is 0 Å². The number of esters is 1. The van der Waals surface area contributed by atoms with E-state index in [0.717, 1.165) is 5.69 Å². The van der Waals surface area contributed by atoms with Crippen LogP contribution in [0, 0.1) is 6.92 Å². The van der Waals surface area contributed by atoms with Crippen LogP contribution in [0.4, 0.5) is 11.5 Å². The Balaban J connectivity index is 2.48. The van der Waals surface area contributed by atoms with E-state index in [1.54, 1.807) is 6.92 Å². The molecule has 0 aliphatic rings. The van der Waals surface area contributed by atoms with Crippen molar-refractivity contribution in [2.45, 2.75) is 12.1 Å². The molecule has 1 aromatic heterocycles. The number of ether oxygens (including phenoxy) is 1. The zero-order chi connectivity index (χ0) is 14.5. The van der Waals surface area contributed by atoms with Crippen LogP contribution in [0.3, 0.4) is 0 Å². The van der Waals surface area contributed by atoms with Gasteiger partial charge in [-0.25, -0.2) is 14.8 Å². The Morgan fingerprint density at radius 2 is 1.95 bits per heavy atom. The minimum absolute atomic E-state index is 0.356. The molecule has 2 rings (SSSR count). The second-order valence-corrected chi connectivity index (χ2v) is 4.78. The van der Waals surface area contributed by atoms with E-state index in [1.807, 2.05) is 36.6 Å². The van der Waals surface area contributed by atoms with E-state index in [0.29, 0.717) is 22.2 Å². The number of para-hydroxylation sites is 1. The van der Waals surface area contributed by atoms with Crippen LogP contribution < -0.4 is 5.32 Å². The molecule has 2 aromatic rings. The smallest absolute Gasteiger partial charge is 0.343 e. The quantitative estimate of drug-likeness (QED) is 0.530. The normalized spacial score (nSPS) is 10.2. The fourth-order valence-corrected chi connectivity index (χ4v) is 2.14. The standard InChI is InChI=1S/C14H15N3O2S/c1-9-11(13(18)19-2)12(17-14(15-9)20-3)16-10-7-5-4-6-8-10/h4-8H,1-3H3,(H,15,16,17). The SMILES string of the molecule is COC(=O)c1c(C)nc(SC)nc1Nc1ccccc1. The molecule has 1 aromatic carbocycles. The van der Waals surface area contributed by atoms with Gasteiger partial charge in [0, 0.05) is 5.69 Å². The van der Waals surface area contributed by atoms with Crippen LogP contribution >= 0.6 is 11.8 Å². The van der Waals surface area contributed by atoms with E-state index in [1.165, 1.54) is 18.9 Å². The van der Waals surface area contributed by atoms with Crippen LogP contribution in [0.5, 0.6) is 0 Å². The first-order valence-corrected chi connectivity index (χ1v) is 7.21. The average Bonchev–Trinajstić information content (AvgIpc) is 2.47. The van der Waals surface area contributed by atoms with Gasteiger partial charge >= 0.3 is 5.97 Å². The number of thioether (sulfide) groups is 1. The number of hydrogen-bond acceptors (Lipinski definition) is 6. The summed E-state index contributed by atoms with van der Waals surface area (Å²) in [6.45, 7) is 1.77. The van der Waals surface area contributed by atoms with Gasteiger partial charge < -0.3 is 10.1 Å². The van der Waals surface area contributed by atoms with Crippen molar-refractivity contribution in [2.24, 2.45) is 0 Å². The minimum atomic E-state index is -0.450. The van der Waals surface area contributed by atoms with Crippen LogP contribution in [0.25, 0.3) is 0 Å². The molecule has 1 heterocycles. The van der Waals surface area contributed by atoms with E-state index >= 15 is 0 Å². The first-order chi connectivity index (χ1) is 9.65. The number of nitrogens with one attached hydrogen (secondary N) is 1. The van der Waals surface area contributed by atoms with Gasteiger partial charge in [0.15, 0.2) is 5.16 Å². The summed E-state index contributed by atoms with van der Waals surface area (Å²) in [4.78, 5) is 20.5. The summed E-state index contributed by atoms with van der Waals surface area (Å²) in [5.41, 5.74) is 1.80. The summed E-state index contributed by atoms with van der Waals surface area (Å²) >= 11 is 1.42. The molecule has 5 nitrogen and oxygen atoms in total. The van der Waals surface area contributed by atoms with E-state index in [-0.39, 0.29) is 0 Å². The summed E-state index contributed by atoms with van der Waals surface area (Å²) in [5.74, 6) is 0.00786. The summed E-state index contributed by atoms with van der Waals surface area (Å²) in [6, 6.07) is 9.53. The maximum atomic E-state index is 11.9. The summed E-state index contributed by atoms with van der Waals surface area (Å²) in [5, 5.41) is 3.74. The first kappa shape index (κ1) is 14.3. The second kappa shape index (κ2) is 6.38. The van der Waals surface area contributed by atoms with Crippen LogP contribution in [-0.2, 0) is 4.74 Å². The number of benzene rings is 1. The molecule has 0 unspecified atom stereocenters. The Labute approximate surface area is 121 Å². The lowest BCUT2D eigenvalue weighted by Gasteiger charge is -2.12. The van der Waals surface area contributed by atoms with Gasteiger partial charge in [-0.2, -0.15) is 0 Å². The number of aromatic nitrogens is 2. The lowest BCUT2D eigenvalue weighted by molar-refractivity contribution is 0.0600. The lowest BCUT2D eigenvalue weighted by atomic mass is 10.2. The number of hydrogen-bond donors (Lipinski definition) is 1. The molecule has 0 bridgehead atoms. The van der Waals surface area contributed by atoms with Crippen LogP contribution in [0.15, 0.2) is 35.5 Å². The van der Waals surface area contributed by atoms with Crippen molar-refractivity contribution in [1.29, 1.82) is 0 Å². The monoisotopic (exact) mass is 289 g/mol. The number of methoxy groups -OCH3 is 1. The highest BCUT2D eigenvalue weighted by Crippen LogP contribution is 2.24. The van der Waals surface area contributed by atoms with Gasteiger partial charge in [0.1, 0.15) is 11.4 Å². The molecule has 20 heavy (non-hydrogen) atoms. The maximum absolute atomic E-state index is 11.9. The minimum Gasteiger partial charge on any atom is -0.465 e.